The number of anilines is 1. The zero-order valence-electron chi connectivity index (χ0n) is 16.2. The average Bonchev–Trinajstić information content (AvgIpc) is 3.39. The Morgan fingerprint density at radius 1 is 1.00 bits per heavy atom. The van der Waals surface area contributed by atoms with Gasteiger partial charge in [-0.05, 0) is 66.8 Å². The number of nitrogens with one attached hydrogen (secondary N) is 1. The van der Waals surface area contributed by atoms with Gasteiger partial charge in [-0.25, -0.2) is 4.39 Å². The molecular formula is C24H17BrFN3OS. The van der Waals surface area contributed by atoms with Gasteiger partial charge in [0.05, 0.1) is 17.3 Å². The monoisotopic (exact) mass is 493 g/mol. The first-order chi connectivity index (χ1) is 15.1. The number of pyridine rings is 1. The van der Waals surface area contributed by atoms with Crippen LogP contribution in [0.1, 0.15) is 23.5 Å². The standard InChI is InChI=1S/C24H17BrFN3OS/c25-15-9-10-17(18(26)14-15)20-11-12-21(30-20)23-22(19-8-4-5-13-27-19)28-24(31)29(23)16-6-2-1-3-7-16/h1-14,22-23H,(H,28,31)/t22-,23+/m0/s1. The van der Waals surface area contributed by atoms with Crippen LogP contribution in [-0.4, -0.2) is 10.1 Å². The highest BCUT2D eigenvalue weighted by Crippen LogP contribution is 2.43. The van der Waals surface area contributed by atoms with E-state index in [-0.39, 0.29) is 17.9 Å². The third-order valence-corrected chi connectivity index (χ3v) is 6.06. The van der Waals surface area contributed by atoms with E-state index < -0.39 is 0 Å². The van der Waals surface area contributed by atoms with Gasteiger partial charge in [0.15, 0.2) is 5.11 Å². The summed E-state index contributed by atoms with van der Waals surface area (Å²) in [5.74, 6) is 0.784. The SMILES string of the molecule is Fc1cc(Br)ccc1-c1ccc([C@@H]2[C@H](c3ccccn3)NC(=S)N2c2ccccc2)o1. The molecule has 1 aliphatic heterocycles. The second kappa shape index (κ2) is 8.24. The molecule has 0 unspecified atom stereocenters. The van der Waals surface area contributed by atoms with E-state index in [1.54, 1.807) is 24.4 Å². The number of halogens is 2. The molecule has 1 aliphatic rings. The molecule has 4 aromatic rings. The highest BCUT2D eigenvalue weighted by atomic mass is 79.9. The minimum absolute atomic E-state index is 0.220. The number of benzene rings is 2. The quantitative estimate of drug-likeness (QED) is 0.332. The van der Waals surface area contributed by atoms with Gasteiger partial charge in [0.2, 0.25) is 0 Å². The lowest BCUT2D eigenvalue weighted by molar-refractivity contribution is 0.438. The van der Waals surface area contributed by atoms with Crippen molar-refractivity contribution < 1.29 is 8.81 Å². The Hall–Kier alpha value is -3.03. The topological polar surface area (TPSA) is 41.3 Å². The van der Waals surface area contributed by atoms with Crippen molar-refractivity contribution in [2.45, 2.75) is 12.1 Å². The van der Waals surface area contributed by atoms with Gasteiger partial charge in [-0.3, -0.25) is 4.98 Å². The minimum Gasteiger partial charge on any atom is -0.459 e. The Bertz CT molecular complexity index is 1230. The molecule has 31 heavy (non-hydrogen) atoms. The second-order valence-corrected chi connectivity index (χ2v) is 8.46. The van der Waals surface area contributed by atoms with Gasteiger partial charge in [0.1, 0.15) is 23.4 Å². The number of para-hydroxylation sites is 1. The van der Waals surface area contributed by atoms with Gasteiger partial charge < -0.3 is 14.6 Å². The number of hydrogen-bond acceptors (Lipinski definition) is 3. The van der Waals surface area contributed by atoms with E-state index in [9.17, 15) is 4.39 Å². The maximum Gasteiger partial charge on any atom is 0.174 e. The summed E-state index contributed by atoms with van der Waals surface area (Å²) < 4.78 is 21.4. The number of hydrogen-bond donors (Lipinski definition) is 1. The summed E-state index contributed by atoms with van der Waals surface area (Å²) in [5, 5.41) is 3.97. The van der Waals surface area contributed by atoms with Gasteiger partial charge in [0, 0.05) is 16.4 Å². The number of furan rings is 1. The van der Waals surface area contributed by atoms with Crippen LogP contribution in [0, 0.1) is 5.82 Å². The Kier molecular flexibility index (Phi) is 5.29. The molecule has 0 saturated carbocycles. The summed E-state index contributed by atoms with van der Waals surface area (Å²) in [5.41, 5.74) is 2.20. The van der Waals surface area contributed by atoms with Crippen LogP contribution in [0.3, 0.4) is 0 Å². The average molecular weight is 494 g/mol. The van der Waals surface area contributed by atoms with Crippen LogP contribution in [0.4, 0.5) is 10.1 Å². The molecule has 2 atom stereocenters. The predicted octanol–water partition coefficient (Wildman–Crippen LogP) is 6.42. The summed E-state index contributed by atoms with van der Waals surface area (Å²) in [6, 6.07) is 23.8. The van der Waals surface area contributed by atoms with Crippen molar-refractivity contribution in [3.63, 3.8) is 0 Å². The van der Waals surface area contributed by atoms with E-state index >= 15 is 0 Å². The Balaban J connectivity index is 1.60. The van der Waals surface area contributed by atoms with E-state index in [4.69, 9.17) is 16.6 Å². The number of aromatic nitrogens is 1. The zero-order valence-corrected chi connectivity index (χ0v) is 18.6. The summed E-state index contributed by atoms with van der Waals surface area (Å²) >= 11 is 8.99. The van der Waals surface area contributed by atoms with Gasteiger partial charge in [-0.2, -0.15) is 0 Å². The van der Waals surface area contributed by atoms with Crippen molar-refractivity contribution in [2.75, 3.05) is 4.90 Å². The van der Waals surface area contributed by atoms with Crippen LogP contribution in [0.5, 0.6) is 0 Å². The Labute approximate surface area is 192 Å². The lowest BCUT2D eigenvalue weighted by Crippen LogP contribution is -2.29. The maximum absolute atomic E-state index is 14.5. The van der Waals surface area contributed by atoms with Gasteiger partial charge in [0.25, 0.3) is 0 Å². The van der Waals surface area contributed by atoms with E-state index in [1.807, 2.05) is 59.5 Å². The number of thiocarbonyl (C=S) groups is 1. The normalized spacial score (nSPS) is 18.3. The van der Waals surface area contributed by atoms with Crippen molar-refractivity contribution in [1.29, 1.82) is 0 Å². The lowest BCUT2D eigenvalue weighted by Gasteiger charge is -2.26. The van der Waals surface area contributed by atoms with Crippen molar-refractivity contribution in [2.24, 2.45) is 0 Å². The lowest BCUT2D eigenvalue weighted by atomic mass is 10.0. The highest BCUT2D eigenvalue weighted by Gasteiger charge is 2.42. The van der Waals surface area contributed by atoms with Gasteiger partial charge in [-0.1, -0.05) is 40.2 Å². The first kappa shape index (κ1) is 19.9. The van der Waals surface area contributed by atoms with Crippen LogP contribution in [-0.2, 0) is 0 Å². The van der Waals surface area contributed by atoms with E-state index in [2.05, 4.69) is 26.2 Å². The van der Waals surface area contributed by atoms with Gasteiger partial charge in [-0.15, -0.1) is 0 Å². The summed E-state index contributed by atoms with van der Waals surface area (Å²) in [6.07, 6.45) is 1.76. The van der Waals surface area contributed by atoms with Crippen LogP contribution in [0.25, 0.3) is 11.3 Å². The maximum atomic E-state index is 14.5. The molecule has 1 saturated heterocycles. The molecule has 4 nitrogen and oxygen atoms in total. The fourth-order valence-electron chi connectivity index (χ4n) is 3.86. The molecule has 2 aromatic carbocycles. The van der Waals surface area contributed by atoms with Crippen molar-refractivity contribution in [3.05, 3.63) is 107 Å². The Morgan fingerprint density at radius 3 is 2.55 bits per heavy atom. The minimum atomic E-state index is -0.350. The third-order valence-electron chi connectivity index (χ3n) is 5.25. The number of rotatable bonds is 4. The van der Waals surface area contributed by atoms with Crippen LogP contribution >= 0.6 is 28.1 Å². The largest absolute Gasteiger partial charge is 0.459 e. The fraction of sp³-hybridized carbons (Fsp3) is 0.0833. The van der Waals surface area contributed by atoms with E-state index in [1.165, 1.54) is 6.07 Å². The van der Waals surface area contributed by atoms with Crippen LogP contribution in [0.2, 0.25) is 0 Å². The third kappa shape index (κ3) is 3.75. The number of nitrogens with zero attached hydrogens (tertiary/aromatic N) is 2. The molecule has 3 heterocycles. The molecule has 0 spiro atoms. The Morgan fingerprint density at radius 2 is 1.81 bits per heavy atom. The molecular weight excluding hydrogens is 477 g/mol. The fourth-order valence-corrected chi connectivity index (χ4v) is 4.54. The first-order valence-corrected chi connectivity index (χ1v) is 10.9. The van der Waals surface area contributed by atoms with E-state index in [0.29, 0.717) is 26.7 Å². The summed E-state index contributed by atoms with van der Waals surface area (Å²) in [6.45, 7) is 0. The molecule has 0 bridgehead atoms. The van der Waals surface area contributed by atoms with Crippen molar-refractivity contribution in [3.8, 4) is 11.3 Å². The second-order valence-electron chi connectivity index (χ2n) is 7.16. The molecule has 154 valence electrons. The molecule has 0 radical (unpaired) electrons. The highest BCUT2D eigenvalue weighted by molar-refractivity contribution is 9.10. The molecule has 5 rings (SSSR count). The smallest absolute Gasteiger partial charge is 0.174 e. The summed E-state index contributed by atoms with van der Waals surface area (Å²) in [4.78, 5) is 6.56. The molecule has 0 aliphatic carbocycles. The van der Waals surface area contributed by atoms with Crippen molar-refractivity contribution >= 4 is 38.9 Å². The zero-order chi connectivity index (χ0) is 21.4. The van der Waals surface area contributed by atoms with Crippen LogP contribution in [0.15, 0.2) is 93.9 Å². The molecule has 1 fully saturated rings. The predicted molar refractivity (Wildman–Crippen MR) is 126 cm³/mol. The first-order valence-electron chi connectivity index (χ1n) is 9.72. The van der Waals surface area contributed by atoms with E-state index in [0.717, 1.165) is 11.4 Å². The van der Waals surface area contributed by atoms with Gasteiger partial charge >= 0.3 is 0 Å². The van der Waals surface area contributed by atoms with Crippen LogP contribution < -0.4 is 10.2 Å². The summed E-state index contributed by atoms with van der Waals surface area (Å²) in [7, 11) is 0. The molecule has 2 aromatic heterocycles. The van der Waals surface area contributed by atoms with Crippen molar-refractivity contribution in [1.82, 2.24) is 10.3 Å². The molecule has 0 amide bonds. The molecule has 1 N–H and O–H groups in total. The molecule has 7 heteroatoms.